The maximum absolute atomic E-state index is 13.2. The Morgan fingerprint density at radius 2 is 1.62 bits per heavy atom. The normalized spacial score (nSPS) is 17.4. The van der Waals surface area contributed by atoms with Gasteiger partial charge in [-0.15, -0.1) is 0 Å². The Balaban J connectivity index is 1.17. The van der Waals surface area contributed by atoms with Gasteiger partial charge in [0.05, 0.1) is 11.8 Å². The van der Waals surface area contributed by atoms with Crippen molar-refractivity contribution in [2.75, 3.05) is 26.2 Å². The molecule has 0 aromatic heterocycles. The van der Waals surface area contributed by atoms with E-state index in [0.717, 1.165) is 24.0 Å². The summed E-state index contributed by atoms with van der Waals surface area (Å²) in [6.07, 6.45) is 2.98. The van der Waals surface area contributed by atoms with Crippen molar-refractivity contribution in [3.05, 3.63) is 59.7 Å². The van der Waals surface area contributed by atoms with Crippen LogP contribution in [0.2, 0.25) is 0 Å². The largest absolute Gasteiger partial charge is 0.481 e. The standard InChI is InChI=1S/C27H30N2O5/c30-24(31)11-14-29(15-18-9-10-18)25(32)27(12-13-27)17-28-26(33)34-16-23-21-7-3-1-5-19(21)20-6-2-4-8-22(20)23/h1-8,18,23H,9-17H2,(H,28,33)(H,30,31). The molecule has 0 atom stereocenters. The molecule has 0 heterocycles. The SMILES string of the molecule is O=C(O)CCN(CC1CC1)C(=O)C1(CNC(=O)OCC2c3ccccc3-c3ccccc32)CC1. The van der Waals surface area contributed by atoms with Gasteiger partial charge in [-0.3, -0.25) is 9.59 Å². The van der Waals surface area contributed by atoms with Crippen molar-refractivity contribution < 1.29 is 24.2 Å². The van der Waals surface area contributed by atoms with Gasteiger partial charge in [-0.05, 0) is 53.9 Å². The number of benzene rings is 2. The molecule has 3 aliphatic carbocycles. The monoisotopic (exact) mass is 462 g/mol. The van der Waals surface area contributed by atoms with Crippen molar-refractivity contribution in [2.45, 2.75) is 38.0 Å². The van der Waals surface area contributed by atoms with E-state index in [4.69, 9.17) is 9.84 Å². The molecule has 2 saturated carbocycles. The lowest BCUT2D eigenvalue weighted by Crippen LogP contribution is -2.44. The van der Waals surface area contributed by atoms with Gasteiger partial charge < -0.3 is 20.1 Å². The number of nitrogens with zero attached hydrogens (tertiary/aromatic N) is 1. The lowest BCUT2D eigenvalue weighted by atomic mass is 9.98. The molecule has 7 heteroatoms. The summed E-state index contributed by atoms with van der Waals surface area (Å²) in [5, 5.41) is 11.9. The van der Waals surface area contributed by atoms with Crippen molar-refractivity contribution in [2.24, 2.45) is 11.3 Å². The van der Waals surface area contributed by atoms with E-state index in [-0.39, 0.29) is 37.9 Å². The third-order valence-electron chi connectivity index (χ3n) is 7.28. The highest BCUT2D eigenvalue weighted by atomic mass is 16.5. The number of amides is 2. The van der Waals surface area contributed by atoms with Crippen LogP contribution in [0.4, 0.5) is 4.79 Å². The number of carbonyl (C=O) groups excluding carboxylic acids is 2. The minimum absolute atomic E-state index is 0.0141. The van der Waals surface area contributed by atoms with Gasteiger partial charge in [0.25, 0.3) is 0 Å². The Morgan fingerprint density at radius 3 is 2.18 bits per heavy atom. The third-order valence-corrected chi connectivity index (χ3v) is 7.28. The van der Waals surface area contributed by atoms with E-state index in [2.05, 4.69) is 29.6 Å². The minimum Gasteiger partial charge on any atom is -0.481 e. The van der Waals surface area contributed by atoms with Crippen LogP contribution in [0, 0.1) is 11.3 Å². The Kier molecular flexibility index (Phi) is 6.02. The number of nitrogens with one attached hydrogen (secondary N) is 1. The molecular weight excluding hydrogens is 432 g/mol. The summed E-state index contributed by atoms with van der Waals surface area (Å²) in [6, 6.07) is 16.4. The number of rotatable bonds is 10. The number of carboxylic acid groups (broad SMARTS) is 1. The number of alkyl carbamates (subject to hydrolysis) is 1. The summed E-state index contributed by atoms with van der Waals surface area (Å²) in [7, 11) is 0. The van der Waals surface area contributed by atoms with E-state index in [1.165, 1.54) is 11.1 Å². The Bertz CT molecular complexity index is 1060. The van der Waals surface area contributed by atoms with Crippen LogP contribution in [0.15, 0.2) is 48.5 Å². The van der Waals surface area contributed by atoms with E-state index >= 15 is 0 Å². The van der Waals surface area contributed by atoms with Crippen LogP contribution in [-0.4, -0.2) is 54.2 Å². The lowest BCUT2D eigenvalue weighted by Gasteiger charge is -2.27. The number of fused-ring (bicyclic) bond motifs is 3. The maximum Gasteiger partial charge on any atom is 0.407 e. The number of ether oxygens (including phenoxy) is 1. The van der Waals surface area contributed by atoms with Gasteiger partial charge in [-0.1, -0.05) is 48.5 Å². The van der Waals surface area contributed by atoms with E-state index in [1.54, 1.807) is 4.90 Å². The van der Waals surface area contributed by atoms with Gasteiger partial charge in [0.15, 0.2) is 0 Å². The number of hydrogen-bond acceptors (Lipinski definition) is 4. The topological polar surface area (TPSA) is 95.9 Å². The molecular formula is C27H30N2O5. The highest BCUT2D eigenvalue weighted by molar-refractivity contribution is 5.86. The molecule has 0 unspecified atom stereocenters. The fourth-order valence-electron chi connectivity index (χ4n) is 4.96. The summed E-state index contributed by atoms with van der Waals surface area (Å²) >= 11 is 0. The molecule has 0 bridgehead atoms. The van der Waals surface area contributed by atoms with Crippen molar-refractivity contribution in [1.82, 2.24) is 10.2 Å². The zero-order valence-corrected chi connectivity index (χ0v) is 19.2. The highest BCUT2D eigenvalue weighted by Crippen LogP contribution is 2.47. The highest BCUT2D eigenvalue weighted by Gasteiger charge is 2.52. The first kappa shape index (κ1) is 22.4. The fraction of sp³-hybridized carbons (Fsp3) is 0.444. The predicted octanol–water partition coefficient (Wildman–Crippen LogP) is 4.02. The Labute approximate surface area is 199 Å². The first-order valence-electron chi connectivity index (χ1n) is 12.1. The molecule has 3 aliphatic rings. The smallest absolute Gasteiger partial charge is 0.407 e. The average Bonchev–Trinajstić information content (AvgIpc) is 3.77. The van der Waals surface area contributed by atoms with E-state index in [1.807, 2.05) is 24.3 Å². The Hall–Kier alpha value is -3.35. The summed E-state index contributed by atoms with van der Waals surface area (Å²) in [4.78, 5) is 38.5. The second kappa shape index (κ2) is 9.12. The quantitative estimate of drug-likeness (QED) is 0.556. The van der Waals surface area contributed by atoms with Crippen molar-refractivity contribution in [1.29, 1.82) is 0 Å². The fourth-order valence-corrected chi connectivity index (χ4v) is 4.96. The number of aliphatic carboxylic acids is 1. The van der Waals surface area contributed by atoms with Crippen molar-refractivity contribution >= 4 is 18.0 Å². The molecule has 2 amide bonds. The summed E-state index contributed by atoms with van der Waals surface area (Å²) in [5.74, 6) is -0.488. The molecule has 34 heavy (non-hydrogen) atoms. The molecule has 2 fully saturated rings. The number of carbonyl (C=O) groups is 3. The Morgan fingerprint density at radius 1 is 1.00 bits per heavy atom. The van der Waals surface area contributed by atoms with Crippen molar-refractivity contribution in [3.63, 3.8) is 0 Å². The maximum atomic E-state index is 13.2. The van der Waals surface area contributed by atoms with Gasteiger partial charge in [0.1, 0.15) is 6.61 Å². The first-order chi connectivity index (χ1) is 16.5. The third kappa shape index (κ3) is 4.65. The second-order valence-corrected chi connectivity index (χ2v) is 9.80. The van der Waals surface area contributed by atoms with Crippen LogP contribution in [-0.2, 0) is 14.3 Å². The molecule has 0 radical (unpaired) electrons. The lowest BCUT2D eigenvalue weighted by molar-refractivity contribution is -0.140. The molecule has 178 valence electrons. The molecule has 5 rings (SSSR count). The first-order valence-corrected chi connectivity index (χ1v) is 12.1. The second-order valence-electron chi connectivity index (χ2n) is 9.80. The van der Waals surface area contributed by atoms with Crippen molar-refractivity contribution in [3.8, 4) is 11.1 Å². The summed E-state index contributed by atoms with van der Waals surface area (Å²) < 4.78 is 5.60. The van der Waals surface area contributed by atoms with Crippen LogP contribution in [0.25, 0.3) is 11.1 Å². The number of hydrogen-bond donors (Lipinski definition) is 2. The molecule has 0 spiro atoms. The summed E-state index contributed by atoms with van der Waals surface area (Å²) in [6.45, 7) is 1.28. The minimum atomic E-state index is -0.907. The van der Waals surface area contributed by atoms with Gasteiger partial charge in [0, 0.05) is 25.6 Å². The van der Waals surface area contributed by atoms with E-state index in [9.17, 15) is 14.4 Å². The number of carboxylic acids is 1. The van der Waals surface area contributed by atoms with Crippen LogP contribution < -0.4 is 5.32 Å². The molecule has 2 aromatic carbocycles. The average molecular weight is 463 g/mol. The zero-order chi connectivity index (χ0) is 23.7. The van der Waals surface area contributed by atoms with Crippen LogP contribution in [0.3, 0.4) is 0 Å². The zero-order valence-electron chi connectivity index (χ0n) is 19.2. The van der Waals surface area contributed by atoms with Crippen LogP contribution >= 0.6 is 0 Å². The van der Waals surface area contributed by atoms with Gasteiger partial charge >= 0.3 is 12.1 Å². The van der Waals surface area contributed by atoms with Gasteiger partial charge in [-0.2, -0.15) is 0 Å². The molecule has 0 aliphatic heterocycles. The van der Waals surface area contributed by atoms with Gasteiger partial charge in [0.2, 0.25) is 5.91 Å². The van der Waals surface area contributed by atoms with E-state index < -0.39 is 17.5 Å². The summed E-state index contributed by atoms with van der Waals surface area (Å²) in [5.41, 5.74) is 4.02. The van der Waals surface area contributed by atoms with E-state index in [0.29, 0.717) is 25.3 Å². The molecule has 2 N–H and O–H groups in total. The predicted molar refractivity (Wildman–Crippen MR) is 126 cm³/mol. The molecule has 7 nitrogen and oxygen atoms in total. The molecule has 2 aromatic rings. The van der Waals surface area contributed by atoms with Crippen LogP contribution in [0.5, 0.6) is 0 Å². The van der Waals surface area contributed by atoms with Crippen LogP contribution in [0.1, 0.15) is 49.1 Å². The molecule has 0 saturated heterocycles. The van der Waals surface area contributed by atoms with Gasteiger partial charge in [-0.25, -0.2) is 4.79 Å².